The van der Waals surface area contributed by atoms with Crippen LogP contribution in [-0.4, -0.2) is 43.4 Å². The van der Waals surface area contributed by atoms with Crippen molar-refractivity contribution in [1.29, 1.82) is 0 Å². The van der Waals surface area contributed by atoms with Crippen molar-refractivity contribution in [3.05, 3.63) is 23.8 Å². The number of anilines is 1. The van der Waals surface area contributed by atoms with Crippen molar-refractivity contribution in [2.24, 2.45) is 0 Å². The summed E-state index contributed by atoms with van der Waals surface area (Å²) in [4.78, 5) is 11.7. The molecule has 1 aromatic rings. The van der Waals surface area contributed by atoms with Gasteiger partial charge in [0.25, 0.3) is 0 Å². The number of carbonyl (C=O) groups is 1. The van der Waals surface area contributed by atoms with E-state index in [-0.39, 0.29) is 23.3 Å². The zero-order valence-electron chi connectivity index (χ0n) is 11.6. The fourth-order valence-electron chi connectivity index (χ4n) is 2.21. The Labute approximate surface area is 118 Å². The minimum Gasteiger partial charge on any atom is -0.392 e. The van der Waals surface area contributed by atoms with Crippen molar-refractivity contribution < 1.29 is 18.3 Å². The molecule has 0 saturated carbocycles. The first-order valence-corrected chi connectivity index (χ1v) is 7.76. The highest BCUT2D eigenvalue weighted by Gasteiger charge is 2.29. The van der Waals surface area contributed by atoms with Crippen molar-refractivity contribution in [2.75, 3.05) is 18.9 Å². The smallest absolute Gasteiger partial charge is 0.242 e. The summed E-state index contributed by atoms with van der Waals surface area (Å²) in [6.07, 6.45) is -0.744. The first kappa shape index (κ1) is 15.0. The molecule has 0 spiro atoms. The Hall–Kier alpha value is -1.44. The molecule has 0 radical (unpaired) electrons. The maximum absolute atomic E-state index is 12.4. The first-order valence-electron chi connectivity index (χ1n) is 6.32. The molecule has 1 aromatic carbocycles. The Bertz CT molecular complexity index is 640. The number of carbonyl (C=O) groups excluding carboxylic acids is 1. The van der Waals surface area contributed by atoms with Gasteiger partial charge in [-0.05, 0) is 37.6 Å². The molecule has 0 saturated heterocycles. The fraction of sp³-hybridized carbons (Fsp3) is 0.462. The summed E-state index contributed by atoms with van der Waals surface area (Å²) in [5.74, 6) is -0.492. The lowest BCUT2D eigenvalue weighted by Crippen LogP contribution is -2.33. The van der Waals surface area contributed by atoms with E-state index in [2.05, 4.69) is 5.32 Å². The number of nitrogens with zero attached hydrogens (tertiary/aromatic N) is 1. The van der Waals surface area contributed by atoms with Crippen LogP contribution in [0.5, 0.6) is 0 Å². The van der Waals surface area contributed by atoms with Crippen LogP contribution < -0.4 is 5.32 Å². The number of hydrogen-bond acceptors (Lipinski definition) is 4. The van der Waals surface area contributed by atoms with Gasteiger partial charge >= 0.3 is 0 Å². The number of sulfonamides is 1. The quantitative estimate of drug-likeness (QED) is 0.858. The van der Waals surface area contributed by atoms with Crippen LogP contribution in [0.25, 0.3) is 0 Å². The van der Waals surface area contributed by atoms with E-state index < -0.39 is 16.1 Å². The molecule has 0 aromatic heterocycles. The summed E-state index contributed by atoms with van der Waals surface area (Å²) in [5, 5.41) is 12.0. The average Bonchev–Trinajstić information content (AvgIpc) is 2.64. The summed E-state index contributed by atoms with van der Waals surface area (Å²) < 4.78 is 25.8. The molecule has 7 heteroatoms. The summed E-state index contributed by atoms with van der Waals surface area (Å²) >= 11 is 0. The zero-order chi connectivity index (χ0) is 15.1. The van der Waals surface area contributed by atoms with Crippen LogP contribution in [0, 0.1) is 0 Å². The average molecular weight is 298 g/mol. The van der Waals surface area contributed by atoms with E-state index >= 15 is 0 Å². The third-order valence-electron chi connectivity index (χ3n) is 3.37. The van der Waals surface area contributed by atoms with Crippen molar-refractivity contribution >= 4 is 21.6 Å². The van der Waals surface area contributed by atoms with E-state index in [9.17, 15) is 18.3 Å². The van der Waals surface area contributed by atoms with E-state index in [1.54, 1.807) is 13.0 Å². The monoisotopic (exact) mass is 298 g/mol. The zero-order valence-corrected chi connectivity index (χ0v) is 12.4. The molecule has 1 aliphatic heterocycles. The van der Waals surface area contributed by atoms with Gasteiger partial charge in [-0.2, -0.15) is 4.31 Å². The number of rotatable bonds is 4. The summed E-state index contributed by atoms with van der Waals surface area (Å²) in [5.41, 5.74) is 1.33. The second-order valence-electron chi connectivity index (χ2n) is 5.09. The highest BCUT2D eigenvalue weighted by atomic mass is 32.2. The van der Waals surface area contributed by atoms with Crippen LogP contribution in [0.15, 0.2) is 23.1 Å². The predicted octanol–water partition coefficient (Wildman–Crippen LogP) is 0.744. The van der Waals surface area contributed by atoms with Gasteiger partial charge in [0.15, 0.2) is 0 Å². The lowest BCUT2D eigenvalue weighted by Gasteiger charge is -2.19. The fourth-order valence-corrected chi connectivity index (χ4v) is 3.49. The molecule has 0 fully saturated rings. The maximum atomic E-state index is 12.4. The molecule has 2 atom stereocenters. The number of likely N-dealkylation sites (N-methyl/N-ethyl adjacent to an activating group) is 1. The van der Waals surface area contributed by atoms with Gasteiger partial charge in [0, 0.05) is 19.3 Å². The summed E-state index contributed by atoms with van der Waals surface area (Å²) in [7, 11) is -2.24. The summed E-state index contributed by atoms with van der Waals surface area (Å²) in [6, 6.07) is 4.58. The Kier molecular flexibility index (Phi) is 3.86. The number of amides is 1. The predicted molar refractivity (Wildman–Crippen MR) is 75.0 cm³/mol. The molecule has 2 N–H and O–H groups in total. The molecule has 110 valence electrons. The topological polar surface area (TPSA) is 86.7 Å². The standard InChI is InChI=1S/C13H18N2O4S/c1-8(16)7-15(3)20(18,19)10-4-5-12-11(6-10)9(2)13(17)14-12/h4-6,8-9,16H,7H2,1-3H3,(H,14,17). The molecule has 2 rings (SSSR count). The van der Waals surface area contributed by atoms with Gasteiger partial charge in [-0.25, -0.2) is 8.42 Å². The Morgan fingerprint density at radius 3 is 2.70 bits per heavy atom. The molecule has 0 aliphatic carbocycles. The van der Waals surface area contributed by atoms with Gasteiger partial charge < -0.3 is 10.4 Å². The van der Waals surface area contributed by atoms with Crippen molar-refractivity contribution in [3.8, 4) is 0 Å². The van der Waals surface area contributed by atoms with Crippen LogP contribution >= 0.6 is 0 Å². The lowest BCUT2D eigenvalue weighted by molar-refractivity contribution is -0.116. The number of benzene rings is 1. The van der Waals surface area contributed by atoms with Crippen LogP contribution in [0.4, 0.5) is 5.69 Å². The number of fused-ring (bicyclic) bond motifs is 1. The van der Waals surface area contributed by atoms with Crippen molar-refractivity contribution in [1.82, 2.24) is 4.31 Å². The first-order chi connectivity index (χ1) is 9.23. The highest BCUT2D eigenvalue weighted by molar-refractivity contribution is 7.89. The SMILES string of the molecule is CC(O)CN(C)S(=O)(=O)c1ccc2c(c1)C(C)C(=O)N2. The maximum Gasteiger partial charge on any atom is 0.242 e. The van der Waals surface area contributed by atoms with Crippen molar-refractivity contribution in [2.45, 2.75) is 30.8 Å². The van der Waals surface area contributed by atoms with Crippen LogP contribution in [0.3, 0.4) is 0 Å². The Morgan fingerprint density at radius 1 is 1.45 bits per heavy atom. The van der Waals surface area contributed by atoms with E-state index in [4.69, 9.17) is 0 Å². The third-order valence-corrected chi connectivity index (χ3v) is 5.19. The molecule has 6 nitrogen and oxygen atoms in total. The largest absolute Gasteiger partial charge is 0.392 e. The normalized spacial score (nSPS) is 19.9. The van der Waals surface area contributed by atoms with E-state index in [1.165, 1.54) is 26.1 Å². The molecule has 20 heavy (non-hydrogen) atoms. The van der Waals surface area contributed by atoms with Gasteiger partial charge in [-0.15, -0.1) is 0 Å². The van der Waals surface area contributed by atoms with E-state index in [0.29, 0.717) is 11.3 Å². The van der Waals surface area contributed by atoms with Crippen LogP contribution in [-0.2, 0) is 14.8 Å². The molecular weight excluding hydrogens is 280 g/mol. The van der Waals surface area contributed by atoms with Crippen molar-refractivity contribution in [3.63, 3.8) is 0 Å². The van der Waals surface area contributed by atoms with E-state index in [1.807, 2.05) is 0 Å². The molecule has 1 aliphatic rings. The minimum absolute atomic E-state index is 0.0200. The number of hydrogen-bond donors (Lipinski definition) is 2. The number of aliphatic hydroxyl groups is 1. The van der Waals surface area contributed by atoms with Gasteiger partial charge in [0.2, 0.25) is 15.9 Å². The molecule has 2 unspecified atom stereocenters. The number of nitrogens with one attached hydrogen (secondary N) is 1. The highest BCUT2D eigenvalue weighted by Crippen LogP contribution is 2.34. The van der Waals surface area contributed by atoms with Gasteiger partial charge in [0.05, 0.1) is 16.9 Å². The Balaban J connectivity index is 2.38. The van der Waals surface area contributed by atoms with E-state index in [0.717, 1.165) is 4.31 Å². The third kappa shape index (κ3) is 2.56. The van der Waals surface area contributed by atoms with Gasteiger partial charge in [0.1, 0.15) is 0 Å². The second-order valence-corrected chi connectivity index (χ2v) is 7.14. The van der Waals surface area contributed by atoms with Gasteiger partial charge in [-0.3, -0.25) is 4.79 Å². The molecule has 1 amide bonds. The molecule has 0 bridgehead atoms. The van der Waals surface area contributed by atoms with Gasteiger partial charge in [-0.1, -0.05) is 0 Å². The Morgan fingerprint density at radius 2 is 2.10 bits per heavy atom. The molecule has 1 heterocycles. The van der Waals surface area contributed by atoms with Crippen LogP contribution in [0.2, 0.25) is 0 Å². The second kappa shape index (κ2) is 5.16. The van der Waals surface area contributed by atoms with Crippen LogP contribution in [0.1, 0.15) is 25.3 Å². The molecular formula is C13H18N2O4S. The minimum atomic E-state index is -3.66. The number of aliphatic hydroxyl groups excluding tert-OH is 1. The lowest BCUT2D eigenvalue weighted by atomic mass is 10.0. The summed E-state index contributed by atoms with van der Waals surface area (Å²) in [6.45, 7) is 3.28.